The number of nitrogens with zero attached hydrogens (tertiary/aromatic N) is 4. The Labute approximate surface area is 281 Å². The van der Waals surface area contributed by atoms with Gasteiger partial charge in [0, 0.05) is 38.6 Å². The van der Waals surface area contributed by atoms with Crippen molar-refractivity contribution in [2.45, 2.75) is 35.7 Å². The first kappa shape index (κ1) is 31.8. The van der Waals surface area contributed by atoms with Gasteiger partial charge in [0.15, 0.2) is 0 Å². The van der Waals surface area contributed by atoms with Crippen molar-refractivity contribution < 1.29 is 16.8 Å². The minimum absolute atomic E-state index is 0.258. The molecule has 0 saturated carbocycles. The van der Waals surface area contributed by atoms with E-state index in [4.69, 9.17) is 0 Å². The van der Waals surface area contributed by atoms with Crippen molar-refractivity contribution >= 4 is 43.9 Å². The van der Waals surface area contributed by atoms with Crippen molar-refractivity contribution in [1.82, 2.24) is 8.61 Å². The van der Waals surface area contributed by atoms with Crippen molar-refractivity contribution in [3.05, 3.63) is 155 Å². The molecule has 10 heteroatoms. The van der Waals surface area contributed by atoms with Gasteiger partial charge in [-0.3, -0.25) is 9.98 Å². The molecule has 0 N–H and O–H groups in total. The average molecular weight is 675 g/mol. The Morgan fingerprint density at radius 2 is 0.812 bits per heavy atom. The summed E-state index contributed by atoms with van der Waals surface area (Å²) in [4.78, 5) is 9.55. The molecule has 2 heterocycles. The van der Waals surface area contributed by atoms with Crippen LogP contribution in [0.1, 0.15) is 33.4 Å². The molecule has 0 saturated heterocycles. The van der Waals surface area contributed by atoms with Gasteiger partial charge in [0.25, 0.3) is 0 Å². The van der Waals surface area contributed by atoms with Crippen LogP contribution in [0.5, 0.6) is 0 Å². The SMILES string of the molecule is O=S(=O)(c1ccc(N=Cc2ccc(C=Nc3ccc(S(=O)(=O)N4CCc5ccccc5C4)cc3)cc2)cc1)N1CCc2ccccc2C1. The molecule has 5 aromatic carbocycles. The van der Waals surface area contributed by atoms with Crippen LogP contribution in [-0.2, 0) is 46.0 Å². The van der Waals surface area contributed by atoms with E-state index >= 15 is 0 Å². The molecule has 0 atom stereocenters. The van der Waals surface area contributed by atoms with Crippen LogP contribution in [0.3, 0.4) is 0 Å². The molecule has 0 aliphatic carbocycles. The van der Waals surface area contributed by atoms with E-state index in [1.165, 1.54) is 19.7 Å². The lowest BCUT2D eigenvalue weighted by atomic mass is 10.0. The molecule has 0 fully saturated rings. The van der Waals surface area contributed by atoms with Crippen LogP contribution in [0.25, 0.3) is 0 Å². The predicted octanol–water partition coefficient (Wildman–Crippen LogP) is 6.68. The third-order valence-electron chi connectivity index (χ3n) is 8.80. The van der Waals surface area contributed by atoms with E-state index in [0.717, 1.165) is 22.3 Å². The first-order valence-corrected chi connectivity index (χ1v) is 18.7. The normalized spacial score (nSPS) is 15.8. The van der Waals surface area contributed by atoms with E-state index in [9.17, 15) is 16.8 Å². The van der Waals surface area contributed by atoms with Crippen LogP contribution in [0.2, 0.25) is 0 Å². The van der Waals surface area contributed by atoms with Crippen molar-refractivity contribution in [3.8, 4) is 0 Å². The predicted molar refractivity (Wildman–Crippen MR) is 189 cm³/mol. The highest BCUT2D eigenvalue weighted by molar-refractivity contribution is 7.89. The number of sulfonamides is 2. The maximum absolute atomic E-state index is 13.3. The highest BCUT2D eigenvalue weighted by atomic mass is 32.2. The third-order valence-corrected chi connectivity index (χ3v) is 12.5. The Kier molecular flexibility index (Phi) is 8.89. The third kappa shape index (κ3) is 6.79. The first-order chi connectivity index (χ1) is 23.3. The molecule has 0 unspecified atom stereocenters. The summed E-state index contributed by atoms with van der Waals surface area (Å²) in [5.74, 6) is 0. The lowest BCUT2D eigenvalue weighted by Gasteiger charge is -2.28. The number of aliphatic imine (C=N–C) groups is 2. The fourth-order valence-corrected chi connectivity index (χ4v) is 8.86. The first-order valence-electron chi connectivity index (χ1n) is 15.8. The summed E-state index contributed by atoms with van der Waals surface area (Å²) in [6, 6.07) is 36.9. The maximum atomic E-state index is 13.3. The quantitative estimate of drug-likeness (QED) is 0.172. The van der Waals surface area contributed by atoms with E-state index in [1.54, 1.807) is 61.0 Å². The minimum atomic E-state index is -3.60. The maximum Gasteiger partial charge on any atom is 0.243 e. The van der Waals surface area contributed by atoms with Gasteiger partial charge < -0.3 is 0 Å². The number of benzene rings is 5. The Hall–Kier alpha value is -4.74. The summed E-state index contributed by atoms with van der Waals surface area (Å²) in [5, 5.41) is 0. The van der Waals surface area contributed by atoms with Gasteiger partial charge in [0.2, 0.25) is 20.0 Å². The van der Waals surface area contributed by atoms with E-state index in [1.807, 2.05) is 60.7 Å². The summed E-state index contributed by atoms with van der Waals surface area (Å²) in [6.45, 7) is 1.69. The van der Waals surface area contributed by atoms with Gasteiger partial charge >= 0.3 is 0 Å². The zero-order valence-electron chi connectivity index (χ0n) is 26.2. The number of hydrogen-bond donors (Lipinski definition) is 0. The Morgan fingerprint density at radius 1 is 0.458 bits per heavy atom. The van der Waals surface area contributed by atoms with Gasteiger partial charge in [-0.25, -0.2) is 16.8 Å². The molecule has 242 valence electrons. The molecule has 5 aromatic rings. The fourth-order valence-electron chi connectivity index (χ4n) is 6.02. The molecular formula is C38H34N4O4S2. The van der Waals surface area contributed by atoms with Crippen molar-refractivity contribution in [3.63, 3.8) is 0 Å². The van der Waals surface area contributed by atoms with Crippen LogP contribution in [0, 0.1) is 0 Å². The molecule has 0 bridgehead atoms. The standard InChI is InChI=1S/C38H34N4O4S2/c43-47(44,41-23-21-31-5-1-3-7-33(31)27-41)37-17-13-35(14-18-37)39-25-29-9-11-30(12-10-29)26-40-36-15-19-38(20-16-36)48(45,46)42-24-22-32-6-2-4-8-34(32)28-42/h1-20,25-26H,21-24,27-28H2. The van der Waals surface area contributed by atoms with Crippen LogP contribution in [-0.4, -0.2) is 51.0 Å². The fraction of sp³-hybridized carbons (Fsp3) is 0.158. The average Bonchev–Trinajstić information content (AvgIpc) is 3.13. The van der Waals surface area contributed by atoms with Crippen LogP contribution in [0.15, 0.2) is 141 Å². The Balaban J connectivity index is 0.950. The number of rotatable bonds is 8. The second-order valence-electron chi connectivity index (χ2n) is 11.9. The minimum Gasteiger partial charge on any atom is -0.256 e. The number of hydrogen-bond acceptors (Lipinski definition) is 6. The van der Waals surface area contributed by atoms with E-state index in [2.05, 4.69) is 22.1 Å². The van der Waals surface area contributed by atoms with Gasteiger partial charge in [0.1, 0.15) is 0 Å². The van der Waals surface area contributed by atoms with Gasteiger partial charge in [-0.05, 0) is 94.8 Å². The highest BCUT2D eigenvalue weighted by Crippen LogP contribution is 2.28. The zero-order valence-corrected chi connectivity index (χ0v) is 27.8. The van der Waals surface area contributed by atoms with Crippen molar-refractivity contribution in [2.24, 2.45) is 9.98 Å². The molecule has 0 aromatic heterocycles. The van der Waals surface area contributed by atoms with Crippen LogP contribution in [0.4, 0.5) is 11.4 Å². The van der Waals surface area contributed by atoms with Gasteiger partial charge in [-0.1, -0.05) is 72.8 Å². The molecule has 7 rings (SSSR count). The number of fused-ring (bicyclic) bond motifs is 2. The smallest absolute Gasteiger partial charge is 0.243 e. The summed E-state index contributed by atoms with van der Waals surface area (Å²) >= 11 is 0. The topological polar surface area (TPSA) is 99.5 Å². The van der Waals surface area contributed by atoms with Crippen LogP contribution >= 0.6 is 0 Å². The molecular weight excluding hydrogens is 641 g/mol. The molecule has 8 nitrogen and oxygen atoms in total. The Morgan fingerprint density at radius 3 is 1.19 bits per heavy atom. The lowest BCUT2D eigenvalue weighted by molar-refractivity contribution is 0.391. The monoisotopic (exact) mass is 674 g/mol. The van der Waals surface area contributed by atoms with Gasteiger partial charge in [0.05, 0.1) is 21.2 Å². The lowest BCUT2D eigenvalue weighted by Crippen LogP contribution is -2.35. The molecule has 0 amide bonds. The van der Waals surface area contributed by atoms with Crippen molar-refractivity contribution in [2.75, 3.05) is 13.1 Å². The molecule has 2 aliphatic heterocycles. The summed E-state index contributed by atoms with van der Waals surface area (Å²) in [5.41, 5.74) is 7.57. The summed E-state index contributed by atoms with van der Waals surface area (Å²) in [7, 11) is -7.20. The summed E-state index contributed by atoms with van der Waals surface area (Å²) in [6.07, 6.45) is 4.87. The molecule has 0 spiro atoms. The molecule has 2 aliphatic rings. The molecule has 0 radical (unpaired) electrons. The zero-order chi connectivity index (χ0) is 33.1. The summed E-state index contributed by atoms with van der Waals surface area (Å²) < 4.78 is 56.1. The van der Waals surface area contributed by atoms with E-state index in [-0.39, 0.29) is 9.79 Å². The largest absolute Gasteiger partial charge is 0.256 e. The second kappa shape index (κ2) is 13.4. The molecule has 48 heavy (non-hydrogen) atoms. The van der Waals surface area contributed by atoms with E-state index in [0.29, 0.717) is 50.4 Å². The Bertz CT molecular complexity index is 2050. The van der Waals surface area contributed by atoms with Crippen molar-refractivity contribution in [1.29, 1.82) is 0 Å². The second-order valence-corrected chi connectivity index (χ2v) is 15.8. The van der Waals surface area contributed by atoms with Gasteiger partial charge in [-0.2, -0.15) is 8.61 Å². The van der Waals surface area contributed by atoms with Crippen LogP contribution < -0.4 is 0 Å². The highest BCUT2D eigenvalue weighted by Gasteiger charge is 2.29. The van der Waals surface area contributed by atoms with Gasteiger partial charge in [-0.15, -0.1) is 0 Å². The van der Waals surface area contributed by atoms with E-state index < -0.39 is 20.0 Å².